The molecule has 2 heterocycles. The lowest BCUT2D eigenvalue weighted by molar-refractivity contribution is -0.135. The van der Waals surface area contributed by atoms with Crippen molar-refractivity contribution in [3.63, 3.8) is 0 Å². The molecule has 5 nitrogen and oxygen atoms in total. The number of ether oxygens (including phenoxy) is 1. The number of nitrogens with zero attached hydrogens (tertiary/aromatic N) is 2. The quantitative estimate of drug-likeness (QED) is 0.633. The van der Waals surface area contributed by atoms with E-state index in [0.29, 0.717) is 18.1 Å². The number of hydrogen-bond acceptors (Lipinski definition) is 3. The van der Waals surface area contributed by atoms with E-state index in [1.54, 1.807) is 0 Å². The van der Waals surface area contributed by atoms with Crippen LogP contribution in [0.1, 0.15) is 60.9 Å². The summed E-state index contributed by atoms with van der Waals surface area (Å²) in [7, 11) is 0. The molecule has 4 rings (SSSR count). The lowest BCUT2D eigenvalue weighted by Crippen LogP contribution is -2.43. The van der Waals surface area contributed by atoms with Gasteiger partial charge in [-0.05, 0) is 55.9 Å². The van der Waals surface area contributed by atoms with Crippen molar-refractivity contribution in [2.45, 2.75) is 44.9 Å². The van der Waals surface area contributed by atoms with Crippen molar-refractivity contribution in [1.82, 2.24) is 9.80 Å². The first kappa shape index (κ1) is 22.4. The molecule has 0 aromatic heterocycles. The minimum atomic E-state index is -0.0795. The fourth-order valence-corrected chi connectivity index (χ4v) is 4.90. The van der Waals surface area contributed by atoms with Gasteiger partial charge < -0.3 is 14.5 Å². The predicted octanol–water partition coefficient (Wildman–Crippen LogP) is 4.73. The molecule has 0 N–H and O–H groups in total. The number of benzene rings is 2. The van der Waals surface area contributed by atoms with Crippen molar-refractivity contribution in [3.05, 3.63) is 65.7 Å². The molecule has 5 heteroatoms. The van der Waals surface area contributed by atoms with Gasteiger partial charge in [0.15, 0.2) is 0 Å². The Morgan fingerprint density at radius 2 is 1.72 bits per heavy atom. The number of amides is 2. The Balaban J connectivity index is 1.34. The molecule has 2 atom stereocenters. The van der Waals surface area contributed by atoms with Gasteiger partial charge in [-0.1, -0.05) is 43.3 Å². The lowest BCUT2D eigenvalue weighted by atomic mass is 9.92. The summed E-state index contributed by atoms with van der Waals surface area (Å²) in [5.41, 5.74) is 1.79. The molecule has 2 amide bonds. The third kappa shape index (κ3) is 5.32. The molecule has 2 aromatic carbocycles. The third-order valence-electron chi connectivity index (χ3n) is 6.70. The molecule has 2 aliphatic rings. The highest BCUT2D eigenvalue weighted by Crippen LogP contribution is 2.26. The summed E-state index contributed by atoms with van der Waals surface area (Å²) >= 11 is 0. The fourth-order valence-electron chi connectivity index (χ4n) is 4.90. The van der Waals surface area contributed by atoms with Crippen LogP contribution < -0.4 is 4.74 Å². The van der Waals surface area contributed by atoms with E-state index in [-0.39, 0.29) is 17.7 Å². The zero-order valence-electron chi connectivity index (χ0n) is 19.0. The first-order valence-electron chi connectivity index (χ1n) is 12.0. The van der Waals surface area contributed by atoms with Gasteiger partial charge in [0.05, 0.1) is 12.5 Å². The second-order valence-corrected chi connectivity index (χ2v) is 9.00. The average molecular weight is 435 g/mol. The molecule has 2 fully saturated rings. The summed E-state index contributed by atoms with van der Waals surface area (Å²) in [6, 6.07) is 17.6. The van der Waals surface area contributed by atoms with Gasteiger partial charge in [0.25, 0.3) is 5.91 Å². The maximum absolute atomic E-state index is 13.2. The normalized spacial score (nSPS) is 19.6. The van der Waals surface area contributed by atoms with Gasteiger partial charge in [-0.2, -0.15) is 0 Å². The van der Waals surface area contributed by atoms with Gasteiger partial charge in [-0.25, -0.2) is 0 Å². The highest BCUT2D eigenvalue weighted by Gasteiger charge is 2.29. The van der Waals surface area contributed by atoms with E-state index in [4.69, 9.17) is 4.74 Å². The summed E-state index contributed by atoms with van der Waals surface area (Å²) < 4.78 is 6.09. The fraction of sp³-hybridized carbons (Fsp3) is 0.481. The van der Waals surface area contributed by atoms with Crippen LogP contribution >= 0.6 is 0 Å². The van der Waals surface area contributed by atoms with Crippen LogP contribution in [-0.4, -0.2) is 54.4 Å². The number of rotatable bonds is 7. The lowest BCUT2D eigenvalue weighted by Gasteiger charge is -2.35. The van der Waals surface area contributed by atoms with E-state index >= 15 is 0 Å². The Bertz CT molecular complexity index is 908. The maximum atomic E-state index is 13.2. The van der Waals surface area contributed by atoms with E-state index in [0.717, 1.165) is 69.6 Å². The van der Waals surface area contributed by atoms with E-state index < -0.39 is 0 Å². The molecule has 0 aliphatic carbocycles. The van der Waals surface area contributed by atoms with Gasteiger partial charge in [0, 0.05) is 37.7 Å². The Morgan fingerprint density at radius 3 is 2.47 bits per heavy atom. The standard InChI is InChI=1S/C27H34N2O3/c1-2-25(22-11-4-3-5-12-22)27(31)29-17-9-10-21(19-29)20-32-24-14-8-13-23(18-24)26(30)28-15-6-7-16-28/h3-5,8,11-14,18,21,25H,2,6-7,9-10,15-17,19-20H2,1H3/t21-,25+/m1/s1. The molecule has 0 spiro atoms. The van der Waals surface area contributed by atoms with Gasteiger partial charge in [-0.15, -0.1) is 0 Å². The van der Waals surface area contributed by atoms with Crippen molar-refractivity contribution >= 4 is 11.8 Å². The van der Waals surface area contributed by atoms with E-state index in [2.05, 4.69) is 6.92 Å². The smallest absolute Gasteiger partial charge is 0.253 e. The number of hydrogen-bond donors (Lipinski definition) is 0. The molecule has 170 valence electrons. The van der Waals surface area contributed by atoms with Crippen molar-refractivity contribution in [2.24, 2.45) is 5.92 Å². The average Bonchev–Trinajstić information content (AvgIpc) is 3.39. The number of carbonyl (C=O) groups excluding carboxylic acids is 2. The predicted molar refractivity (Wildman–Crippen MR) is 126 cm³/mol. The largest absolute Gasteiger partial charge is 0.493 e. The minimum Gasteiger partial charge on any atom is -0.493 e. The molecular formula is C27H34N2O3. The van der Waals surface area contributed by atoms with E-state index in [9.17, 15) is 9.59 Å². The van der Waals surface area contributed by atoms with Crippen molar-refractivity contribution < 1.29 is 14.3 Å². The van der Waals surface area contributed by atoms with Crippen LogP contribution in [0, 0.1) is 5.92 Å². The molecule has 0 radical (unpaired) electrons. The van der Waals surface area contributed by atoms with Crippen molar-refractivity contribution in [2.75, 3.05) is 32.8 Å². The second kappa shape index (κ2) is 10.7. The number of piperidine rings is 1. The highest BCUT2D eigenvalue weighted by molar-refractivity contribution is 5.94. The highest BCUT2D eigenvalue weighted by atomic mass is 16.5. The molecule has 2 saturated heterocycles. The summed E-state index contributed by atoms with van der Waals surface area (Å²) in [6.07, 6.45) is 5.03. The van der Waals surface area contributed by atoms with E-state index in [1.165, 1.54) is 0 Å². The zero-order chi connectivity index (χ0) is 22.3. The Kier molecular flexibility index (Phi) is 7.46. The molecule has 2 aromatic rings. The van der Waals surface area contributed by atoms with Crippen LogP contribution in [0.25, 0.3) is 0 Å². The topological polar surface area (TPSA) is 49.9 Å². The van der Waals surface area contributed by atoms with Crippen molar-refractivity contribution in [1.29, 1.82) is 0 Å². The minimum absolute atomic E-state index is 0.0795. The number of carbonyl (C=O) groups is 2. The van der Waals surface area contributed by atoms with Crippen LogP contribution in [0.2, 0.25) is 0 Å². The van der Waals surface area contributed by atoms with Crippen LogP contribution in [-0.2, 0) is 4.79 Å². The molecule has 0 bridgehead atoms. The molecular weight excluding hydrogens is 400 g/mol. The second-order valence-electron chi connectivity index (χ2n) is 9.00. The monoisotopic (exact) mass is 434 g/mol. The SMILES string of the molecule is CC[C@H](C(=O)N1CCC[C@@H](COc2cccc(C(=O)N3CCCC3)c2)C1)c1ccccc1. The molecule has 0 saturated carbocycles. The zero-order valence-corrected chi connectivity index (χ0v) is 19.0. The van der Waals surface area contributed by atoms with Crippen LogP contribution in [0.4, 0.5) is 0 Å². The van der Waals surface area contributed by atoms with Crippen LogP contribution in [0.3, 0.4) is 0 Å². The number of likely N-dealkylation sites (tertiary alicyclic amines) is 2. The first-order chi connectivity index (χ1) is 15.7. The Hall–Kier alpha value is -2.82. The molecule has 0 unspecified atom stereocenters. The summed E-state index contributed by atoms with van der Waals surface area (Å²) in [6.45, 7) is 5.88. The summed E-state index contributed by atoms with van der Waals surface area (Å²) in [5, 5.41) is 0. The summed E-state index contributed by atoms with van der Waals surface area (Å²) in [5.74, 6) is 1.27. The third-order valence-corrected chi connectivity index (χ3v) is 6.70. The summed E-state index contributed by atoms with van der Waals surface area (Å²) in [4.78, 5) is 29.8. The maximum Gasteiger partial charge on any atom is 0.253 e. The van der Waals surface area contributed by atoms with Gasteiger partial charge in [0.1, 0.15) is 5.75 Å². The Morgan fingerprint density at radius 1 is 0.969 bits per heavy atom. The van der Waals surface area contributed by atoms with Gasteiger partial charge >= 0.3 is 0 Å². The van der Waals surface area contributed by atoms with Gasteiger partial charge in [-0.3, -0.25) is 9.59 Å². The molecule has 32 heavy (non-hydrogen) atoms. The van der Waals surface area contributed by atoms with Crippen LogP contribution in [0.5, 0.6) is 5.75 Å². The van der Waals surface area contributed by atoms with E-state index in [1.807, 2.05) is 64.4 Å². The van der Waals surface area contributed by atoms with Gasteiger partial charge in [0.2, 0.25) is 5.91 Å². The Labute approximate surface area is 191 Å². The first-order valence-corrected chi connectivity index (χ1v) is 12.0. The van der Waals surface area contributed by atoms with Crippen molar-refractivity contribution in [3.8, 4) is 5.75 Å². The molecule has 2 aliphatic heterocycles. The van der Waals surface area contributed by atoms with Crippen LogP contribution in [0.15, 0.2) is 54.6 Å².